The van der Waals surface area contributed by atoms with E-state index < -0.39 is 5.82 Å². The van der Waals surface area contributed by atoms with Crippen LogP contribution in [0, 0.1) is 5.82 Å². The average Bonchev–Trinajstić information content (AvgIpc) is 2.94. The Bertz CT molecular complexity index is 478. The van der Waals surface area contributed by atoms with Gasteiger partial charge in [-0.15, -0.1) is 0 Å². The molecule has 1 aromatic rings. The second kappa shape index (κ2) is 7.02. The number of amides is 1. The summed E-state index contributed by atoms with van der Waals surface area (Å²) in [6.07, 6.45) is 2.20. The molecule has 20 heavy (non-hydrogen) atoms. The maximum atomic E-state index is 13.5. The lowest BCUT2D eigenvalue weighted by atomic mass is 10.1. The van der Waals surface area contributed by atoms with E-state index in [-0.39, 0.29) is 30.3 Å². The highest BCUT2D eigenvalue weighted by molar-refractivity contribution is 6.30. The van der Waals surface area contributed by atoms with Crippen molar-refractivity contribution >= 4 is 23.2 Å². The van der Waals surface area contributed by atoms with Crippen molar-refractivity contribution in [1.29, 1.82) is 0 Å². The number of ether oxygens (including phenoxy) is 1. The van der Waals surface area contributed by atoms with Gasteiger partial charge >= 0.3 is 0 Å². The summed E-state index contributed by atoms with van der Waals surface area (Å²) in [5, 5.41) is 5.96. The number of halogens is 2. The van der Waals surface area contributed by atoms with Crippen LogP contribution >= 0.6 is 11.6 Å². The maximum Gasteiger partial charge on any atom is 0.238 e. The van der Waals surface area contributed by atoms with Crippen LogP contribution in [0.25, 0.3) is 0 Å². The summed E-state index contributed by atoms with van der Waals surface area (Å²) in [5.74, 6) is -0.814. The first-order valence-corrected chi connectivity index (χ1v) is 7.04. The van der Waals surface area contributed by atoms with E-state index in [4.69, 9.17) is 16.3 Å². The molecule has 2 atom stereocenters. The Hall–Kier alpha value is -1.17. The molecule has 0 saturated carbocycles. The summed E-state index contributed by atoms with van der Waals surface area (Å²) in [4.78, 5) is 11.8. The molecule has 1 aliphatic rings. The molecule has 0 spiro atoms. The van der Waals surface area contributed by atoms with Gasteiger partial charge in [-0.2, -0.15) is 0 Å². The van der Waals surface area contributed by atoms with Gasteiger partial charge in [0.15, 0.2) is 0 Å². The fourth-order valence-corrected chi connectivity index (χ4v) is 2.34. The molecule has 0 aliphatic carbocycles. The molecule has 6 heteroatoms. The van der Waals surface area contributed by atoms with Gasteiger partial charge in [0.1, 0.15) is 5.82 Å². The first kappa shape index (κ1) is 15.2. The van der Waals surface area contributed by atoms with Crippen molar-refractivity contribution in [2.45, 2.75) is 31.9 Å². The molecule has 4 nitrogen and oxygen atoms in total. The van der Waals surface area contributed by atoms with E-state index in [0.717, 1.165) is 19.4 Å². The zero-order valence-electron chi connectivity index (χ0n) is 11.3. The van der Waals surface area contributed by atoms with E-state index in [0.29, 0.717) is 5.02 Å². The van der Waals surface area contributed by atoms with Crippen molar-refractivity contribution < 1.29 is 13.9 Å². The number of benzene rings is 1. The van der Waals surface area contributed by atoms with Crippen molar-refractivity contribution in [3.05, 3.63) is 29.0 Å². The minimum atomic E-state index is -0.505. The first-order chi connectivity index (χ1) is 9.56. The third kappa shape index (κ3) is 4.16. The molecule has 2 N–H and O–H groups in total. The van der Waals surface area contributed by atoms with Gasteiger partial charge in [0.25, 0.3) is 0 Å². The fraction of sp³-hybridized carbons (Fsp3) is 0.500. The van der Waals surface area contributed by atoms with Gasteiger partial charge in [0, 0.05) is 17.7 Å². The molecule has 1 aliphatic heterocycles. The van der Waals surface area contributed by atoms with E-state index >= 15 is 0 Å². The second-order valence-electron chi connectivity index (χ2n) is 4.89. The second-order valence-corrected chi connectivity index (χ2v) is 5.33. The Kier molecular flexibility index (Phi) is 5.34. The van der Waals surface area contributed by atoms with Gasteiger partial charge in [-0.25, -0.2) is 4.39 Å². The molecular weight excluding hydrogens is 283 g/mol. The number of hydrogen-bond donors (Lipinski definition) is 2. The number of carbonyl (C=O) groups is 1. The molecule has 110 valence electrons. The van der Waals surface area contributed by atoms with E-state index in [1.165, 1.54) is 18.2 Å². The van der Waals surface area contributed by atoms with Crippen LogP contribution in [0.2, 0.25) is 5.02 Å². The highest BCUT2D eigenvalue weighted by atomic mass is 35.5. The van der Waals surface area contributed by atoms with Gasteiger partial charge in [-0.3, -0.25) is 4.79 Å². The summed E-state index contributed by atoms with van der Waals surface area (Å²) in [5.41, 5.74) is 0.0917. The third-order valence-corrected chi connectivity index (χ3v) is 3.54. The van der Waals surface area contributed by atoms with Crippen molar-refractivity contribution in [1.82, 2.24) is 5.32 Å². The lowest BCUT2D eigenvalue weighted by molar-refractivity contribution is -0.115. The molecule has 1 fully saturated rings. The van der Waals surface area contributed by atoms with Crippen molar-refractivity contribution in [3.63, 3.8) is 0 Å². The molecule has 1 amide bonds. The van der Waals surface area contributed by atoms with E-state index in [9.17, 15) is 9.18 Å². The van der Waals surface area contributed by atoms with E-state index in [1.54, 1.807) is 0 Å². The number of hydrogen-bond acceptors (Lipinski definition) is 3. The predicted molar refractivity (Wildman–Crippen MR) is 76.5 cm³/mol. The standard InChI is InChI=1S/C14H18ClFN2O2/c1-9(13-3-2-6-20-13)17-8-14(19)18-12-7-10(15)4-5-11(12)16/h4-5,7,9,13,17H,2-3,6,8H2,1H3,(H,18,19)/t9-,13+/m0/s1. The molecule has 1 heterocycles. The van der Waals surface area contributed by atoms with Crippen LogP contribution in [0.5, 0.6) is 0 Å². The monoisotopic (exact) mass is 300 g/mol. The van der Waals surface area contributed by atoms with E-state index in [2.05, 4.69) is 10.6 Å². The summed E-state index contributed by atoms with van der Waals surface area (Å²) in [7, 11) is 0. The Balaban J connectivity index is 1.81. The van der Waals surface area contributed by atoms with E-state index in [1.807, 2.05) is 6.92 Å². The lowest BCUT2D eigenvalue weighted by Gasteiger charge is -2.19. The van der Waals surface area contributed by atoms with Gasteiger partial charge in [0.05, 0.1) is 18.3 Å². The van der Waals surface area contributed by atoms with Gasteiger partial charge in [-0.05, 0) is 38.0 Å². The molecule has 1 aromatic carbocycles. The fourth-order valence-electron chi connectivity index (χ4n) is 2.17. The van der Waals surface area contributed by atoms with Gasteiger partial charge in [0.2, 0.25) is 5.91 Å². The molecule has 0 unspecified atom stereocenters. The molecule has 0 radical (unpaired) electrons. The Morgan fingerprint density at radius 1 is 1.60 bits per heavy atom. The normalized spacial score (nSPS) is 19.9. The van der Waals surface area contributed by atoms with Crippen LogP contribution in [0.4, 0.5) is 10.1 Å². The minimum absolute atomic E-state index is 0.0902. The number of nitrogens with one attached hydrogen (secondary N) is 2. The van der Waals surface area contributed by atoms with Crippen LogP contribution in [0.1, 0.15) is 19.8 Å². The predicted octanol–water partition coefficient (Wildman–Crippen LogP) is 2.57. The summed E-state index contributed by atoms with van der Waals surface area (Å²) in [6, 6.07) is 4.13. The van der Waals surface area contributed by atoms with Crippen molar-refractivity contribution in [2.24, 2.45) is 0 Å². The highest BCUT2D eigenvalue weighted by Gasteiger charge is 2.22. The average molecular weight is 301 g/mol. The minimum Gasteiger partial charge on any atom is -0.377 e. The van der Waals surface area contributed by atoms with Crippen LogP contribution in [0.15, 0.2) is 18.2 Å². The zero-order valence-corrected chi connectivity index (χ0v) is 12.0. The molecule has 0 bridgehead atoms. The molecular formula is C14H18ClFN2O2. The quantitative estimate of drug-likeness (QED) is 0.879. The summed E-state index contributed by atoms with van der Waals surface area (Å²) in [6.45, 7) is 2.85. The largest absolute Gasteiger partial charge is 0.377 e. The Morgan fingerprint density at radius 3 is 3.10 bits per heavy atom. The SMILES string of the molecule is C[C@H](NCC(=O)Nc1cc(Cl)ccc1F)[C@H]1CCCO1. The zero-order chi connectivity index (χ0) is 14.5. The van der Waals surface area contributed by atoms with Crippen LogP contribution in [-0.4, -0.2) is 31.2 Å². The van der Waals surface area contributed by atoms with Crippen LogP contribution in [0.3, 0.4) is 0 Å². The van der Waals surface area contributed by atoms with Crippen molar-refractivity contribution in [2.75, 3.05) is 18.5 Å². The number of rotatable bonds is 5. The molecule has 0 aromatic heterocycles. The molecule has 1 saturated heterocycles. The highest BCUT2D eigenvalue weighted by Crippen LogP contribution is 2.19. The smallest absolute Gasteiger partial charge is 0.238 e. The maximum absolute atomic E-state index is 13.5. The summed E-state index contributed by atoms with van der Waals surface area (Å²) < 4.78 is 19.0. The Labute approximate surface area is 122 Å². The Morgan fingerprint density at radius 2 is 2.40 bits per heavy atom. The third-order valence-electron chi connectivity index (χ3n) is 3.31. The van der Waals surface area contributed by atoms with Crippen LogP contribution < -0.4 is 10.6 Å². The van der Waals surface area contributed by atoms with Gasteiger partial charge < -0.3 is 15.4 Å². The number of carbonyl (C=O) groups excluding carboxylic acids is 1. The molecule has 2 rings (SSSR count). The summed E-state index contributed by atoms with van der Waals surface area (Å²) >= 11 is 5.76. The van der Waals surface area contributed by atoms with Crippen molar-refractivity contribution in [3.8, 4) is 0 Å². The topological polar surface area (TPSA) is 50.4 Å². The van der Waals surface area contributed by atoms with Crippen LogP contribution in [-0.2, 0) is 9.53 Å². The number of anilines is 1. The first-order valence-electron chi connectivity index (χ1n) is 6.66. The lowest BCUT2D eigenvalue weighted by Crippen LogP contribution is -2.41. The van der Waals surface area contributed by atoms with Gasteiger partial charge in [-0.1, -0.05) is 11.6 Å².